The molecule has 2 aliphatic heterocycles. The first-order valence-corrected chi connectivity index (χ1v) is 8.78. The van der Waals surface area contributed by atoms with Crippen LogP contribution in [0.2, 0.25) is 0 Å². The van der Waals surface area contributed by atoms with E-state index >= 15 is 0 Å². The van der Waals surface area contributed by atoms with Crippen molar-refractivity contribution in [1.29, 1.82) is 0 Å². The predicted molar refractivity (Wildman–Crippen MR) is 88.1 cm³/mol. The summed E-state index contributed by atoms with van der Waals surface area (Å²) >= 11 is 0. The zero-order valence-electron chi connectivity index (χ0n) is 14.2. The molecule has 5 nitrogen and oxygen atoms in total. The van der Waals surface area contributed by atoms with Crippen LogP contribution in [0.4, 0.5) is 0 Å². The third-order valence-corrected chi connectivity index (χ3v) is 6.05. The van der Waals surface area contributed by atoms with Gasteiger partial charge in [0.25, 0.3) is 5.91 Å². The van der Waals surface area contributed by atoms with Gasteiger partial charge in [0.15, 0.2) is 0 Å². The Morgan fingerprint density at radius 2 is 2.21 bits per heavy atom. The zero-order chi connectivity index (χ0) is 16.9. The molecular weight excluding hydrogens is 306 g/mol. The van der Waals surface area contributed by atoms with E-state index in [4.69, 9.17) is 9.47 Å². The Labute approximate surface area is 141 Å². The molecule has 0 radical (unpaired) electrons. The van der Waals surface area contributed by atoms with Crippen molar-refractivity contribution in [2.24, 2.45) is 5.41 Å². The Morgan fingerprint density at radius 3 is 2.96 bits per heavy atom. The summed E-state index contributed by atoms with van der Waals surface area (Å²) in [6, 6.07) is 5.62. The van der Waals surface area contributed by atoms with E-state index in [1.165, 1.54) is 0 Å². The summed E-state index contributed by atoms with van der Waals surface area (Å²) < 4.78 is 10.8. The van der Waals surface area contributed by atoms with Gasteiger partial charge in [0, 0.05) is 18.0 Å². The molecule has 2 fully saturated rings. The van der Waals surface area contributed by atoms with Gasteiger partial charge in [-0.25, -0.2) is 0 Å². The van der Waals surface area contributed by atoms with E-state index in [1.807, 2.05) is 30.0 Å². The van der Waals surface area contributed by atoms with Gasteiger partial charge in [-0.3, -0.25) is 9.59 Å². The molecule has 0 bridgehead atoms. The van der Waals surface area contributed by atoms with Crippen molar-refractivity contribution in [1.82, 2.24) is 4.90 Å². The topological polar surface area (TPSA) is 55.8 Å². The fourth-order valence-corrected chi connectivity index (χ4v) is 5.05. The van der Waals surface area contributed by atoms with Crippen LogP contribution in [-0.2, 0) is 9.53 Å². The van der Waals surface area contributed by atoms with Gasteiger partial charge in [-0.15, -0.1) is 0 Å². The number of hydrogen-bond donors (Lipinski definition) is 0. The summed E-state index contributed by atoms with van der Waals surface area (Å²) in [4.78, 5) is 27.7. The lowest BCUT2D eigenvalue weighted by Gasteiger charge is -2.48. The predicted octanol–water partition coefficient (Wildman–Crippen LogP) is 2.74. The van der Waals surface area contributed by atoms with Gasteiger partial charge in [-0.05, 0) is 49.9 Å². The van der Waals surface area contributed by atoms with Gasteiger partial charge in [0.1, 0.15) is 5.75 Å². The van der Waals surface area contributed by atoms with Crippen molar-refractivity contribution in [3.63, 3.8) is 0 Å². The van der Waals surface area contributed by atoms with Crippen LogP contribution < -0.4 is 4.74 Å². The van der Waals surface area contributed by atoms with Crippen LogP contribution in [0.15, 0.2) is 18.2 Å². The number of carbonyl (C=O) groups is 2. The molecule has 0 N–H and O–H groups in total. The molecule has 0 spiro atoms. The van der Waals surface area contributed by atoms with Gasteiger partial charge in [0.2, 0.25) is 0 Å². The Bertz CT molecular complexity index is 701. The number of ether oxygens (including phenoxy) is 2. The lowest BCUT2D eigenvalue weighted by atomic mass is 9.62. The van der Waals surface area contributed by atoms with Crippen LogP contribution in [-0.4, -0.2) is 43.1 Å². The molecule has 1 amide bonds. The number of nitrogens with zero attached hydrogens (tertiary/aromatic N) is 1. The van der Waals surface area contributed by atoms with Crippen molar-refractivity contribution < 1.29 is 19.1 Å². The van der Waals surface area contributed by atoms with Gasteiger partial charge in [0.05, 0.1) is 25.2 Å². The Morgan fingerprint density at radius 1 is 1.38 bits per heavy atom. The maximum Gasteiger partial charge on any atom is 0.314 e. The van der Waals surface area contributed by atoms with Gasteiger partial charge in [-0.1, -0.05) is 6.42 Å². The molecule has 5 heteroatoms. The minimum absolute atomic E-state index is 0.0435. The third-order valence-electron chi connectivity index (χ3n) is 6.05. The minimum atomic E-state index is -0.532. The lowest BCUT2D eigenvalue weighted by molar-refractivity contribution is -0.159. The van der Waals surface area contributed by atoms with Crippen molar-refractivity contribution >= 4 is 11.9 Å². The maximum atomic E-state index is 13.0. The van der Waals surface area contributed by atoms with Gasteiger partial charge < -0.3 is 14.4 Å². The Kier molecular flexibility index (Phi) is 3.55. The summed E-state index contributed by atoms with van der Waals surface area (Å²) in [7, 11) is 1.64. The van der Waals surface area contributed by atoms with Crippen molar-refractivity contribution in [2.75, 3.05) is 20.3 Å². The first-order chi connectivity index (χ1) is 11.6. The summed E-state index contributed by atoms with van der Waals surface area (Å²) in [5, 5.41) is 0. The van der Waals surface area contributed by atoms with Gasteiger partial charge in [-0.2, -0.15) is 0 Å². The first-order valence-electron chi connectivity index (χ1n) is 8.78. The van der Waals surface area contributed by atoms with Crippen LogP contribution in [0, 0.1) is 5.41 Å². The second-order valence-electron chi connectivity index (χ2n) is 7.02. The van der Waals surface area contributed by atoms with Crippen LogP contribution in [0.1, 0.15) is 54.4 Å². The smallest absolute Gasteiger partial charge is 0.314 e. The summed E-state index contributed by atoms with van der Waals surface area (Å²) in [6.07, 6.45) is 3.51. The highest BCUT2D eigenvalue weighted by Gasteiger charge is 2.61. The monoisotopic (exact) mass is 329 g/mol. The fraction of sp³-hybridized carbons (Fsp3) is 0.579. The molecule has 2 heterocycles. The van der Waals surface area contributed by atoms with Crippen molar-refractivity contribution in [3.8, 4) is 5.75 Å². The quantitative estimate of drug-likeness (QED) is 0.800. The Balaban J connectivity index is 1.83. The molecule has 24 heavy (non-hydrogen) atoms. The molecule has 128 valence electrons. The fourth-order valence-electron chi connectivity index (χ4n) is 5.05. The highest BCUT2D eigenvalue weighted by atomic mass is 16.5. The molecule has 0 aromatic heterocycles. The SMILES string of the molecule is CCOC(=O)[C@@]12CCC[C@H]3c4cc(OC)ccc4C(=O)N(CC1)[C@H]32. The average molecular weight is 329 g/mol. The van der Waals surface area contributed by atoms with E-state index in [-0.39, 0.29) is 23.8 Å². The molecule has 3 aliphatic rings. The normalized spacial score (nSPS) is 30.6. The first kappa shape index (κ1) is 15.5. The van der Waals surface area contributed by atoms with Crippen LogP contribution in [0.5, 0.6) is 5.75 Å². The second-order valence-corrected chi connectivity index (χ2v) is 7.02. The molecule has 3 atom stereocenters. The number of fused-ring (bicyclic) bond motifs is 2. The minimum Gasteiger partial charge on any atom is -0.497 e. The summed E-state index contributed by atoms with van der Waals surface area (Å²) in [5.74, 6) is 0.872. The number of benzene rings is 1. The largest absolute Gasteiger partial charge is 0.497 e. The number of amides is 1. The molecule has 0 unspecified atom stereocenters. The molecule has 1 saturated heterocycles. The molecule has 4 rings (SSSR count). The molecule has 1 saturated carbocycles. The number of carbonyl (C=O) groups excluding carboxylic acids is 2. The van der Waals surface area contributed by atoms with E-state index in [2.05, 4.69) is 0 Å². The number of hydrogen-bond acceptors (Lipinski definition) is 4. The van der Waals surface area contributed by atoms with E-state index in [0.29, 0.717) is 19.6 Å². The van der Waals surface area contributed by atoms with Crippen LogP contribution in [0.3, 0.4) is 0 Å². The molecule has 1 aromatic rings. The van der Waals surface area contributed by atoms with Crippen LogP contribution in [0.25, 0.3) is 0 Å². The summed E-state index contributed by atoms with van der Waals surface area (Å²) in [6.45, 7) is 2.87. The standard InChI is InChI=1S/C19H23NO4/c1-3-24-18(22)19-8-4-5-13-15-11-12(23-2)6-7-14(15)17(21)20(10-9-19)16(13)19/h6-7,11,13,16H,3-5,8-10H2,1-2H3/t13-,16+,19-/m0/s1. The lowest BCUT2D eigenvalue weighted by Crippen LogP contribution is -2.55. The van der Waals surface area contributed by atoms with E-state index < -0.39 is 5.41 Å². The average Bonchev–Trinajstić information content (AvgIpc) is 3.01. The van der Waals surface area contributed by atoms with Crippen molar-refractivity contribution in [3.05, 3.63) is 29.3 Å². The highest BCUT2D eigenvalue weighted by molar-refractivity contribution is 5.99. The zero-order valence-corrected chi connectivity index (χ0v) is 14.2. The highest BCUT2D eigenvalue weighted by Crippen LogP contribution is 2.56. The maximum absolute atomic E-state index is 13.0. The van der Waals surface area contributed by atoms with Crippen molar-refractivity contribution in [2.45, 2.75) is 44.6 Å². The van der Waals surface area contributed by atoms with Crippen LogP contribution >= 0.6 is 0 Å². The van der Waals surface area contributed by atoms with Gasteiger partial charge >= 0.3 is 5.97 Å². The Hall–Kier alpha value is -2.04. The summed E-state index contributed by atoms with van der Waals surface area (Å²) in [5.41, 5.74) is 1.27. The van der Waals surface area contributed by atoms with E-state index in [0.717, 1.165) is 36.1 Å². The number of methoxy groups -OCH3 is 1. The third kappa shape index (κ3) is 1.93. The van der Waals surface area contributed by atoms with E-state index in [1.54, 1.807) is 7.11 Å². The molecule has 1 aliphatic carbocycles. The number of esters is 1. The van der Waals surface area contributed by atoms with E-state index in [9.17, 15) is 9.59 Å². The molecule has 1 aromatic carbocycles. The second kappa shape index (κ2) is 5.50. The number of rotatable bonds is 3. The molecular formula is C19H23NO4.